The number of hydrogen-bond acceptors (Lipinski definition) is 2. The van der Waals surface area contributed by atoms with Gasteiger partial charge in [-0.3, -0.25) is 0 Å². The van der Waals surface area contributed by atoms with Crippen molar-refractivity contribution in [3.63, 3.8) is 0 Å². The molecule has 0 atom stereocenters. The van der Waals surface area contributed by atoms with E-state index in [-0.39, 0.29) is 6.61 Å². The lowest BCUT2D eigenvalue weighted by Crippen LogP contribution is -2.00. The van der Waals surface area contributed by atoms with Crippen molar-refractivity contribution in [1.82, 2.24) is 9.38 Å². The molecule has 0 unspecified atom stereocenters. The molecule has 1 N–H and O–H groups in total. The van der Waals surface area contributed by atoms with Crippen molar-refractivity contribution in [2.45, 2.75) is 25.4 Å². The van der Waals surface area contributed by atoms with Crippen molar-refractivity contribution < 1.29 is 5.11 Å². The minimum absolute atomic E-state index is 0.0968. The van der Waals surface area contributed by atoms with Gasteiger partial charge in [-0.05, 0) is 30.4 Å². The summed E-state index contributed by atoms with van der Waals surface area (Å²) in [6.07, 6.45) is 6.10. The summed E-state index contributed by atoms with van der Waals surface area (Å²) in [6, 6.07) is 4.19. The third kappa shape index (κ3) is 1.06. The van der Waals surface area contributed by atoms with Crippen molar-refractivity contribution in [1.29, 1.82) is 0 Å². The van der Waals surface area contributed by atoms with Crippen molar-refractivity contribution in [2.24, 2.45) is 0 Å². The highest BCUT2D eigenvalue weighted by atomic mass is 16.3. The highest BCUT2D eigenvalue weighted by molar-refractivity contribution is 5.49. The predicted molar refractivity (Wildman–Crippen MR) is 53.1 cm³/mol. The second-order valence-electron chi connectivity index (χ2n) is 3.86. The molecule has 0 bridgehead atoms. The van der Waals surface area contributed by atoms with Crippen LogP contribution in [0.5, 0.6) is 0 Å². The zero-order valence-corrected chi connectivity index (χ0v) is 7.85. The highest BCUT2D eigenvalue weighted by Gasteiger charge is 2.26. The van der Waals surface area contributed by atoms with Crippen molar-refractivity contribution in [2.75, 3.05) is 0 Å². The molecule has 14 heavy (non-hydrogen) atoms. The number of hydrogen-bond donors (Lipinski definition) is 1. The summed E-state index contributed by atoms with van der Waals surface area (Å²) in [5.74, 6) is 0.670. The van der Waals surface area contributed by atoms with E-state index >= 15 is 0 Å². The fourth-order valence-electron chi connectivity index (χ4n) is 2.00. The Labute approximate surface area is 82.0 Å². The van der Waals surface area contributed by atoms with E-state index in [1.165, 1.54) is 18.4 Å². The lowest BCUT2D eigenvalue weighted by Gasteiger charge is -2.08. The van der Waals surface area contributed by atoms with Gasteiger partial charge in [0, 0.05) is 0 Å². The monoisotopic (exact) mass is 188 g/mol. The molecule has 0 aromatic carbocycles. The first-order valence-corrected chi connectivity index (χ1v) is 4.95. The Hall–Kier alpha value is -1.35. The van der Waals surface area contributed by atoms with E-state index in [1.807, 2.05) is 10.6 Å². The molecular formula is C11H12N2O. The Morgan fingerprint density at radius 3 is 3.00 bits per heavy atom. The number of nitrogens with zero attached hydrogens (tertiary/aromatic N) is 2. The average Bonchev–Trinajstić information content (AvgIpc) is 2.94. The first-order chi connectivity index (χ1) is 6.90. The van der Waals surface area contributed by atoms with Crippen LogP contribution in [-0.2, 0) is 6.61 Å². The quantitative estimate of drug-likeness (QED) is 0.779. The molecule has 1 saturated carbocycles. The maximum absolute atomic E-state index is 9.36. The largest absolute Gasteiger partial charge is 0.390 e. The van der Waals surface area contributed by atoms with Gasteiger partial charge in [-0.15, -0.1) is 0 Å². The lowest BCUT2D eigenvalue weighted by molar-refractivity contribution is 0.274. The smallest absolute Gasteiger partial charge is 0.0995 e. The van der Waals surface area contributed by atoms with Crippen LogP contribution in [0, 0.1) is 0 Å². The fraction of sp³-hybridized carbons (Fsp3) is 0.364. The van der Waals surface area contributed by atoms with Crippen LogP contribution in [0.3, 0.4) is 0 Å². The highest BCUT2D eigenvalue weighted by Crippen LogP contribution is 2.41. The summed E-state index contributed by atoms with van der Waals surface area (Å²) >= 11 is 0. The SMILES string of the molecule is OCc1c(C2CC2)ccc2cncn12. The molecular weight excluding hydrogens is 176 g/mol. The van der Waals surface area contributed by atoms with Crippen LogP contribution in [0.4, 0.5) is 0 Å². The Balaban J connectivity index is 2.28. The molecule has 72 valence electrons. The molecule has 1 fully saturated rings. The molecule has 3 rings (SSSR count). The Morgan fingerprint density at radius 1 is 1.43 bits per heavy atom. The van der Waals surface area contributed by atoms with Crippen LogP contribution >= 0.6 is 0 Å². The normalized spacial score (nSPS) is 16.4. The number of aromatic nitrogens is 2. The molecule has 3 heteroatoms. The number of fused-ring (bicyclic) bond motifs is 1. The Morgan fingerprint density at radius 2 is 2.29 bits per heavy atom. The van der Waals surface area contributed by atoms with Crippen LogP contribution in [0.25, 0.3) is 5.52 Å². The van der Waals surface area contributed by atoms with Crippen LogP contribution in [0.15, 0.2) is 24.7 Å². The van der Waals surface area contributed by atoms with E-state index in [4.69, 9.17) is 0 Å². The average molecular weight is 188 g/mol. The van der Waals surface area contributed by atoms with Crippen molar-refractivity contribution in [3.05, 3.63) is 35.9 Å². The van der Waals surface area contributed by atoms with Gasteiger partial charge in [-0.1, -0.05) is 6.07 Å². The summed E-state index contributed by atoms with van der Waals surface area (Å²) in [7, 11) is 0. The van der Waals surface area contributed by atoms with Gasteiger partial charge < -0.3 is 9.51 Å². The van der Waals surface area contributed by atoms with Gasteiger partial charge in [-0.2, -0.15) is 0 Å². The standard InChI is InChI=1S/C11H12N2O/c14-6-11-10(8-1-2-8)4-3-9-5-12-7-13(9)11/h3-5,7-8,14H,1-2,6H2. The number of aliphatic hydroxyl groups is 1. The summed E-state index contributed by atoms with van der Waals surface area (Å²) in [5.41, 5.74) is 3.35. The summed E-state index contributed by atoms with van der Waals surface area (Å²) in [4.78, 5) is 4.08. The maximum Gasteiger partial charge on any atom is 0.0995 e. The summed E-state index contributed by atoms with van der Waals surface area (Å²) in [5, 5.41) is 9.36. The zero-order valence-electron chi connectivity index (χ0n) is 7.85. The van der Waals surface area contributed by atoms with E-state index in [0.29, 0.717) is 5.92 Å². The fourth-order valence-corrected chi connectivity index (χ4v) is 2.00. The maximum atomic E-state index is 9.36. The molecule has 1 aliphatic rings. The van der Waals surface area contributed by atoms with E-state index < -0.39 is 0 Å². The third-order valence-electron chi connectivity index (χ3n) is 2.89. The lowest BCUT2D eigenvalue weighted by atomic mass is 10.1. The summed E-state index contributed by atoms with van der Waals surface area (Å²) < 4.78 is 1.98. The number of aliphatic hydroxyl groups excluding tert-OH is 1. The van der Waals surface area contributed by atoms with Crippen molar-refractivity contribution >= 4 is 5.52 Å². The van der Waals surface area contributed by atoms with Gasteiger partial charge in [0.15, 0.2) is 0 Å². The molecule has 0 amide bonds. The predicted octanol–water partition coefficient (Wildman–Crippen LogP) is 1.70. The molecule has 1 aliphatic carbocycles. The van der Waals surface area contributed by atoms with E-state index in [2.05, 4.69) is 17.1 Å². The minimum Gasteiger partial charge on any atom is -0.390 e. The van der Waals surface area contributed by atoms with E-state index in [0.717, 1.165) is 11.2 Å². The second-order valence-corrected chi connectivity index (χ2v) is 3.86. The van der Waals surface area contributed by atoms with E-state index in [1.54, 1.807) is 6.33 Å². The van der Waals surface area contributed by atoms with Gasteiger partial charge in [0.2, 0.25) is 0 Å². The number of pyridine rings is 1. The van der Waals surface area contributed by atoms with Crippen LogP contribution in [0.1, 0.15) is 30.0 Å². The molecule has 2 aromatic rings. The third-order valence-corrected chi connectivity index (χ3v) is 2.89. The molecule has 0 saturated heterocycles. The van der Waals surface area contributed by atoms with Crippen LogP contribution in [0.2, 0.25) is 0 Å². The molecule has 2 heterocycles. The Kier molecular flexibility index (Phi) is 1.61. The van der Waals surface area contributed by atoms with Gasteiger partial charge >= 0.3 is 0 Å². The van der Waals surface area contributed by atoms with Crippen molar-refractivity contribution in [3.8, 4) is 0 Å². The molecule has 3 nitrogen and oxygen atoms in total. The van der Waals surface area contributed by atoms with Crippen LogP contribution in [-0.4, -0.2) is 14.5 Å². The molecule has 2 aromatic heterocycles. The Bertz CT molecular complexity index is 471. The minimum atomic E-state index is 0.0968. The second kappa shape index (κ2) is 2.82. The van der Waals surface area contributed by atoms with Gasteiger partial charge in [0.25, 0.3) is 0 Å². The molecule has 0 aliphatic heterocycles. The number of rotatable bonds is 2. The topological polar surface area (TPSA) is 37.5 Å². The van der Waals surface area contributed by atoms with Gasteiger partial charge in [0.1, 0.15) is 0 Å². The summed E-state index contributed by atoms with van der Waals surface area (Å²) in [6.45, 7) is 0.0968. The first-order valence-electron chi connectivity index (χ1n) is 4.95. The number of imidazole rings is 1. The zero-order chi connectivity index (χ0) is 9.54. The first kappa shape index (κ1) is 8.00. The van der Waals surface area contributed by atoms with Gasteiger partial charge in [0.05, 0.1) is 30.3 Å². The van der Waals surface area contributed by atoms with Gasteiger partial charge in [-0.25, -0.2) is 4.98 Å². The van der Waals surface area contributed by atoms with E-state index in [9.17, 15) is 5.11 Å². The van der Waals surface area contributed by atoms with Crippen LogP contribution < -0.4 is 0 Å². The molecule has 0 radical (unpaired) electrons. The molecule has 0 spiro atoms.